The second-order valence-electron chi connectivity index (χ2n) is 0.956. The zero-order chi connectivity index (χ0) is 6.41. The minimum atomic E-state index is 0.0246. The quantitative estimate of drug-likeness (QED) is 0.349. The number of aliphatic hydroxyl groups excluding tert-OH is 1. The van der Waals surface area contributed by atoms with Gasteiger partial charge in [-0.1, -0.05) is 6.58 Å². The topological polar surface area (TPSA) is 44.0 Å². The average Bonchev–Trinajstić information content (AvgIpc) is 1.83. The van der Waals surface area contributed by atoms with E-state index in [4.69, 9.17) is 10.4 Å². The van der Waals surface area contributed by atoms with Gasteiger partial charge in [0.1, 0.15) is 11.2 Å². The number of thiocyanates is 1. The van der Waals surface area contributed by atoms with Crippen molar-refractivity contribution in [2.75, 3.05) is 0 Å². The number of hydrogen-bond donors (Lipinski definition) is 1. The Morgan fingerprint density at radius 1 is 1.88 bits per heavy atom. The van der Waals surface area contributed by atoms with Crippen LogP contribution in [0.4, 0.5) is 0 Å². The van der Waals surface area contributed by atoms with Crippen LogP contribution in [0.5, 0.6) is 0 Å². The molecule has 0 fully saturated rings. The maximum absolute atomic E-state index is 8.56. The summed E-state index contributed by atoms with van der Waals surface area (Å²) in [7, 11) is 0. The largest absolute Gasteiger partial charge is 0.507 e. The van der Waals surface area contributed by atoms with Crippen LogP contribution >= 0.6 is 11.8 Å². The molecule has 0 amide bonds. The summed E-state index contributed by atoms with van der Waals surface area (Å²) in [4.78, 5) is 0. The van der Waals surface area contributed by atoms with Crippen molar-refractivity contribution >= 4 is 11.8 Å². The number of aliphatic hydroxyl groups is 1. The van der Waals surface area contributed by atoms with Crippen molar-refractivity contribution in [3.8, 4) is 5.40 Å². The van der Waals surface area contributed by atoms with Gasteiger partial charge in [-0.25, -0.2) is 0 Å². The van der Waals surface area contributed by atoms with Crippen molar-refractivity contribution in [2.45, 2.75) is 0 Å². The number of nitriles is 1. The Morgan fingerprint density at radius 3 is 2.88 bits per heavy atom. The molecule has 42 valence electrons. The fraction of sp³-hybridized carbons (Fsp3) is 0. The zero-order valence-corrected chi connectivity index (χ0v) is 4.98. The Balaban J connectivity index is 3.61. The molecule has 8 heavy (non-hydrogen) atoms. The van der Waals surface area contributed by atoms with Crippen LogP contribution in [-0.4, -0.2) is 5.11 Å². The van der Waals surface area contributed by atoms with Gasteiger partial charge in [0, 0.05) is 5.41 Å². The van der Waals surface area contributed by atoms with Gasteiger partial charge < -0.3 is 5.11 Å². The molecule has 0 atom stereocenters. The molecule has 0 spiro atoms. The van der Waals surface area contributed by atoms with Crippen molar-refractivity contribution in [1.82, 2.24) is 0 Å². The molecule has 0 aliphatic rings. The summed E-state index contributed by atoms with van der Waals surface area (Å²) in [6.07, 6.45) is 1.27. The predicted octanol–water partition coefficient (Wildman–Crippen LogP) is 1.79. The number of nitrogens with zero attached hydrogens (tertiary/aromatic N) is 1. The summed E-state index contributed by atoms with van der Waals surface area (Å²) in [5, 5.41) is 19.6. The first-order valence-electron chi connectivity index (χ1n) is 1.87. The molecule has 0 unspecified atom stereocenters. The maximum Gasteiger partial charge on any atom is 0.138 e. The van der Waals surface area contributed by atoms with Crippen LogP contribution in [0.15, 0.2) is 23.8 Å². The Hall–Kier alpha value is -0.880. The minimum Gasteiger partial charge on any atom is -0.507 e. The van der Waals surface area contributed by atoms with E-state index in [2.05, 4.69) is 6.58 Å². The SMILES string of the molecule is C=CC(O)=CSC#N. The third-order valence-corrected chi connectivity index (χ3v) is 0.906. The Bertz CT molecular complexity index is 145. The smallest absolute Gasteiger partial charge is 0.138 e. The maximum atomic E-state index is 8.56. The Morgan fingerprint density at radius 2 is 2.50 bits per heavy atom. The highest BCUT2D eigenvalue weighted by Crippen LogP contribution is 2.01. The van der Waals surface area contributed by atoms with Crippen LogP contribution in [0.2, 0.25) is 0 Å². The first-order valence-corrected chi connectivity index (χ1v) is 2.75. The average molecular weight is 127 g/mol. The molecule has 0 aromatic rings. The second kappa shape index (κ2) is 4.28. The van der Waals surface area contributed by atoms with Gasteiger partial charge in [-0.15, -0.1) is 0 Å². The molecule has 0 radical (unpaired) electrons. The van der Waals surface area contributed by atoms with Crippen molar-refractivity contribution < 1.29 is 5.11 Å². The van der Waals surface area contributed by atoms with Crippen molar-refractivity contribution in [3.05, 3.63) is 23.8 Å². The highest BCUT2D eigenvalue weighted by Gasteiger charge is 1.79. The lowest BCUT2D eigenvalue weighted by molar-refractivity contribution is 0.434. The van der Waals surface area contributed by atoms with Gasteiger partial charge >= 0.3 is 0 Å². The van der Waals surface area contributed by atoms with Gasteiger partial charge in [-0.3, -0.25) is 0 Å². The van der Waals surface area contributed by atoms with Crippen molar-refractivity contribution in [2.24, 2.45) is 0 Å². The van der Waals surface area contributed by atoms with Crippen LogP contribution in [-0.2, 0) is 0 Å². The molecular weight excluding hydrogens is 122 g/mol. The van der Waals surface area contributed by atoms with E-state index in [-0.39, 0.29) is 5.76 Å². The molecular formula is C5H5NOS. The number of allylic oxidation sites excluding steroid dienone is 1. The highest BCUT2D eigenvalue weighted by atomic mass is 32.2. The third kappa shape index (κ3) is 3.32. The lowest BCUT2D eigenvalue weighted by Gasteiger charge is -1.81. The number of hydrogen-bond acceptors (Lipinski definition) is 3. The summed E-state index contributed by atoms with van der Waals surface area (Å²) in [5.74, 6) is 0.0246. The van der Waals surface area contributed by atoms with Gasteiger partial charge in [-0.2, -0.15) is 5.26 Å². The Labute approximate surface area is 52.1 Å². The Kier molecular flexibility index (Phi) is 3.81. The standard InChI is InChI=1S/C5H5NOS/c1-2-5(7)3-8-4-6/h2-3,7H,1H2. The van der Waals surface area contributed by atoms with E-state index in [1.165, 1.54) is 11.5 Å². The van der Waals surface area contributed by atoms with Crippen LogP contribution in [0.25, 0.3) is 0 Å². The monoisotopic (exact) mass is 127 g/mol. The summed E-state index contributed by atoms with van der Waals surface area (Å²) in [6.45, 7) is 3.27. The number of rotatable bonds is 2. The lowest BCUT2D eigenvalue weighted by atomic mass is 10.6. The van der Waals surface area contributed by atoms with E-state index < -0.39 is 0 Å². The van der Waals surface area contributed by atoms with E-state index in [1.54, 1.807) is 5.40 Å². The first kappa shape index (κ1) is 7.12. The van der Waals surface area contributed by atoms with Gasteiger partial charge in [0.25, 0.3) is 0 Å². The summed E-state index contributed by atoms with van der Waals surface area (Å²) >= 11 is 0.863. The fourth-order valence-electron chi connectivity index (χ4n) is 0.135. The van der Waals surface area contributed by atoms with Crippen LogP contribution in [0.3, 0.4) is 0 Å². The molecule has 0 bridgehead atoms. The van der Waals surface area contributed by atoms with Gasteiger partial charge in [0.05, 0.1) is 0 Å². The predicted molar refractivity (Wildman–Crippen MR) is 34.1 cm³/mol. The van der Waals surface area contributed by atoms with Crippen molar-refractivity contribution in [1.29, 1.82) is 5.26 Å². The van der Waals surface area contributed by atoms with Crippen LogP contribution in [0.1, 0.15) is 0 Å². The molecule has 0 aromatic heterocycles. The fourth-order valence-corrected chi connectivity index (χ4v) is 0.405. The molecule has 0 heterocycles. The molecule has 3 heteroatoms. The summed E-state index contributed by atoms with van der Waals surface area (Å²) < 4.78 is 0. The normalized spacial score (nSPS) is 10.1. The molecule has 2 nitrogen and oxygen atoms in total. The van der Waals surface area contributed by atoms with Gasteiger partial charge in [-0.05, 0) is 17.8 Å². The lowest BCUT2D eigenvalue weighted by Crippen LogP contribution is -1.65. The molecule has 1 N–H and O–H groups in total. The molecule has 0 aromatic carbocycles. The highest BCUT2D eigenvalue weighted by molar-refractivity contribution is 8.06. The van der Waals surface area contributed by atoms with E-state index in [9.17, 15) is 0 Å². The number of thioether (sulfide) groups is 1. The second-order valence-corrected chi connectivity index (χ2v) is 1.61. The van der Waals surface area contributed by atoms with E-state index in [1.807, 2.05) is 0 Å². The zero-order valence-electron chi connectivity index (χ0n) is 4.16. The molecule has 0 saturated heterocycles. The molecule has 0 rings (SSSR count). The minimum absolute atomic E-state index is 0.0246. The van der Waals surface area contributed by atoms with E-state index in [0.717, 1.165) is 11.8 Å². The molecule has 0 aliphatic carbocycles. The molecule has 0 aliphatic heterocycles. The summed E-state index contributed by atoms with van der Waals surface area (Å²) in [6, 6.07) is 0. The van der Waals surface area contributed by atoms with Crippen molar-refractivity contribution in [3.63, 3.8) is 0 Å². The third-order valence-electron chi connectivity index (χ3n) is 0.442. The van der Waals surface area contributed by atoms with E-state index in [0.29, 0.717) is 0 Å². The first-order chi connectivity index (χ1) is 3.81. The van der Waals surface area contributed by atoms with Crippen LogP contribution < -0.4 is 0 Å². The van der Waals surface area contributed by atoms with Gasteiger partial charge in [0.2, 0.25) is 0 Å². The van der Waals surface area contributed by atoms with E-state index >= 15 is 0 Å². The molecule has 0 saturated carbocycles. The summed E-state index contributed by atoms with van der Waals surface area (Å²) in [5.41, 5.74) is 0. The van der Waals surface area contributed by atoms with Gasteiger partial charge in [0.15, 0.2) is 0 Å². The van der Waals surface area contributed by atoms with Crippen LogP contribution in [0, 0.1) is 10.7 Å².